The molecule has 1 heterocycles. The quantitative estimate of drug-likeness (QED) is 0.530. The highest BCUT2D eigenvalue weighted by Gasteiger charge is 2.53. The lowest BCUT2D eigenvalue weighted by atomic mass is 9.92. The molecule has 2 saturated carbocycles. The molecule has 2 aromatic rings. The van der Waals surface area contributed by atoms with Gasteiger partial charge in [-0.25, -0.2) is 0 Å². The van der Waals surface area contributed by atoms with E-state index in [9.17, 15) is 9.59 Å². The van der Waals surface area contributed by atoms with E-state index < -0.39 is 5.54 Å². The van der Waals surface area contributed by atoms with E-state index in [4.69, 9.17) is 12.2 Å². The fourth-order valence-electron chi connectivity index (χ4n) is 5.59. The SMILES string of the molecule is CN(C)c1ccc(NC(=O)C2(N(C(=O)CN3C[C@@H](c4ccccc4)NC3=S)C3CC3)CCCC2)cc1. The van der Waals surface area contributed by atoms with Gasteiger partial charge in [0.25, 0.3) is 0 Å². The molecule has 3 fully saturated rings. The molecule has 2 amide bonds. The monoisotopic (exact) mass is 505 g/mol. The van der Waals surface area contributed by atoms with E-state index in [2.05, 4.69) is 22.8 Å². The van der Waals surface area contributed by atoms with Crippen molar-refractivity contribution >= 4 is 40.5 Å². The number of anilines is 2. The van der Waals surface area contributed by atoms with Gasteiger partial charge in [0.1, 0.15) is 5.54 Å². The number of nitrogens with zero attached hydrogens (tertiary/aromatic N) is 3. The minimum Gasteiger partial charge on any atom is -0.378 e. The molecule has 3 aliphatic rings. The van der Waals surface area contributed by atoms with Crippen LogP contribution in [0, 0.1) is 0 Å². The van der Waals surface area contributed by atoms with Crippen molar-refractivity contribution in [1.82, 2.24) is 15.1 Å². The maximum absolute atomic E-state index is 13.8. The molecule has 0 aromatic heterocycles. The van der Waals surface area contributed by atoms with E-state index in [1.165, 1.54) is 0 Å². The lowest BCUT2D eigenvalue weighted by Crippen LogP contribution is -2.60. The van der Waals surface area contributed by atoms with E-state index in [-0.39, 0.29) is 30.4 Å². The van der Waals surface area contributed by atoms with Gasteiger partial charge in [0, 0.05) is 38.1 Å². The zero-order valence-electron chi connectivity index (χ0n) is 21.1. The minimum atomic E-state index is -0.800. The van der Waals surface area contributed by atoms with Gasteiger partial charge in [-0.05, 0) is 67.7 Å². The highest BCUT2D eigenvalue weighted by Crippen LogP contribution is 2.43. The number of thiocarbonyl (C=S) groups is 1. The average molecular weight is 506 g/mol. The average Bonchev–Trinajstić information content (AvgIpc) is 3.45. The number of rotatable bonds is 8. The van der Waals surface area contributed by atoms with Crippen LogP contribution in [-0.4, -0.2) is 65.5 Å². The molecule has 1 saturated heterocycles. The van der Waals surface area contributed by atoms with Crippen molar-refractivity contribution in [2.24, 2.45) is 0 Å². The second-order valence-electron chi connectivity index (χ2n) is 10.4. The molecule has 5 rings (SSSR count). The summed E-state index contributed by atoms with van der Waals surface area (Å²) in [5.41, 5.74) is 2.19. The molecule has 1 atom stereocenters. The van der Waals surface area contributed by atoms with E-state index >= 15 is 0 Å². The van der Waals surface area contributed by atoms with Gasteiger partial charge in [-0.15, -0.1) is 0 Å². The summed E-state index contributed by atoms with van der Waals surface area (Å²) in [7, 11) is 3.98. The molecule has 0 radical (unpaired) electrons. The van der Waals surface area contributed by atoms with Gasteiger partial charge in [-0.3, -0.25) is 9.59 Å². The molecular weight excluding hydrogens is 470 g/mol. The maximum Gasteiger partial charge on any atom is 0.250 e. The van der Waals surface area contributed by atoms with Crippen molar-refractivity contribution in [3.8, 4) is 0 Å². The second kappa shape index (κ2) is 10.1. The number of hydrogen-bond acceptors (Lipinski definition) is 4. The van der Waals surface area contributed by atoms with Crippen molar-refractivity contribution in [2.45, 2.75) is 56.1 Å². The van der Waals surface area contributed by atoms with Crippen LogP contribution in [0.25, 0.3) is 0 Å². The Bertz CT molecular complexity index is 1110. The van der Waals surface area contributed by atoms with Gasteiger partial charge in [0.2, 0.25) is 11.8 Å². The zero-order valence-corrected chi connectivity index (χ0v) is 21.9. The predicted octanol–water partition coefficient (Wildman–Crippen LogP) is 3.93. The normalized spacial score (nSPS) is 20.7. The molecule has 2 N–H and O–H groups in total. The van der Waals surface area contributed by atoms with Crippen LogP contribution < -0.4 is 15.5 Å². The molecule has 0 bridgehead atoms. The van der Waals surface area contributed by atoms with Crippen LogP contribution in [0.15, 0.2) is 54.6 Å². The standard InChI is InChI=1S/C28H35N5O2S/c1-31(2)22-12-10-21(11-13-22)29-26(35)28(16-6-7-17-28)33(23-14-15-23)25(34)19-32-18-24(30-27(32)36)20-8-4-3-5-9-20/h3-5,8-13,23-24H,6-7,14-19H2,1-2H3,(H,29,35)(H,30,36)/t24-/m0/s1. The lowest BCUT2D eigenvalue weighted by molar-refractivity contribution is -0.146. The van der Waals surface area contributed by atoms with Gasteiger partial charge in [-0.1, -0.05) is 43.2 Å². The van der Waals surface area contributed by atoms with Crippen molar-refractivity contribution in [2.75, 3.05) is 37.4 Å². The first-order valence-electron chi connectivity index (χ1n) is 12.9. The molecule has 1 aliphatic heterocycles. The molecule has 36 heavy (non-hydrogen) atoms. The fraction of sp³-hybridized carbons (Fsp3) is 0.464. The number of carbonyl (C=O) groups excluding carboxylic acids is 2. The second-order valence-corrected chi connectivity index (χ2v) is 10.8. The first-order valence-corrected chi connectivity index (χ1v) is 13.3. The van der Waals surface area contributed by atoms with Crippen LogP contribution in [-0.2, 0) is 9.59 Å². The Balaban J connectivity index is 1.32. The zero-order chi connectivity index (χ0) is 25.3. The van der Waals surface area contributed by atoms with E-state index in [0.717, 1.165) is 42.6 Å². The van der Waals surface area contributed by atoms with Crippen molar-refractivity contribution < 1.29 is 9.59 Å². The van der Waals surface area contributed by atoms with Crippen LogP contribution in [0.5, 0.6) is 0 Å². The van der Waals surface area contributed by atoms with Crippen LogP contribution in [0.1, 0.15) is 50.1 Å². The van der Waals surface area contributed by atoms with Crippen LogP contribution in [0.3, 0.4) is 0 Å². The first kappa shape index (κ1) is 24.6. The number of benzene rings is 2. The summed E-state index contributed by atoms with van der Waals surface area (Å²) in [5, 5.41) is 7.09. The molecule has 8 heteroatoms. The van der Waals surface area contributed by atoms with Gasteiger partial charge >= 0.3 is 0 Å². The highest BCUT2D eigenvalue weighted by atomic mass is 32.1. The van der Waals surface area contributed by atoms with Crippen molar-refractivity contribution in [1.29, 1.82) is 0 Å². The number of amides is 2. The molecule has 190 valence electrons. The minimum absolute atomic E-state index is 0.00429. The van der Waals surface area contributed by atoms with E-state index in [1.807, 2.05) is 71.3 Å². The third-order valence-electron chi connectivity index (χ3n) is 7.65. The Hall–Kier alpha value is -3.13. The molecule has 2 aliphatic carbocycles. The van der Waals surface area contributed by atoms with E-state index in [1.54, 1.807) is 0 Å². The third-order valence-corrected chi connectivity index (χ3v) is 8.03. The topological polar surface area (TPSA) is 67.9 Å². The largest absolute Gasteiger partial charge is 0.378 e. The molecule has 0 spiro atoms. The molecular formula is C28H35N5O2S. The molecule has 2 aromatic carbocycles. The molecule has 0 unspecified atom stereocenters. The Labute approximate surface area is 218 Å². The number of carbonyl (C=O) groups is 2. The Morgan fingerprint density at radius 3 is 2.33 bits per heavy atom. The molecule has 7 nitrogen and oxygen atoms in total. The Kier molecular flexibility index (Phi) is 6.88. The van der Waals surface area contributed by atoms with Crippen molar-refractivity contribution in [3.05, 3.63) is 60.2 Å². The van der Waals surface area contributed by atoms with Crippen LogP contribution in [0.2, 0.25) is 0 Å². The summed E-state index contributed by atoms with van der Waals surface area (Å²) < 4.78 is 0. The smallest absolute Gasteiger partial charge is 0.250 e. The highest BCUT2D eigenvalue weighted by molar-refractivity contribution is 7.80. The summed E-state index contributed by atoms with van der Waals surface area (Å²) in [6.07, 6.45) is 5.20. The third kappa shape index (κ3) is 4.91. The fourth-order valence-corrected chi connectivity index (χ4v) is 5.87. The van der Waals surface area contributed by atoms with Gasteiger partial charge < -0.3 is 25.3 Å². The van der Waals surface area contributed by atoms with Crippen molar-refractivity contribution in [3.63, 3.8) is 0 Å². The predicted molar refractivity (Wildman–Crippen MR) is 147 cm³/mol. The Morgan fingerprint density at radius 2 is 1.72 bits per heavy atom. The van der Waals surface area contributed by atoms with Gasteiger partial charge in [0.15, 0.2) is 5.11 Å². The summed E-state index contributed by atoms with van der Waals surface area (Å²) in [6.45, 7) is 0.836. The Morgan fingerprint density at radius 1 is 1.06 bits per heavy atom. The summed E-state index contributed by atoms with van der Waals surface area (Å²) >= 11 is 5.59. The first-order chi connectivity index (χ1) is 17.4. The lowest BCUT2D eigenvalue weighted by Gasteiger charge is -2.41. The van der Waals surface area contributed by atoms with Crippen LogP contribution >= 0.6 is 12.2 Å². The van der Waals surface area contributed by atoms with Crippen LogP contribution in [0.4, 0.5) is 11.4 Å². The van der Waals surface area contributed by atoms with Gasteiger partial charge in [-0.2, -0.15) is 0 Å². The maximum atomic E-state index is 13.8. The summed E-state index contributed by atoms with van der Waals surface area (Å²) in [4.78, 5) is 33.6. The number of nitrogens with one attached hydrogen (secondary N) is 2. The van der Waals surface area contributed by atoms with Gasteiger partial charge in [0.05, 0.1) is 12.6 Å². The number of hydrogen-bond donors (Lipinski definition) is 2. The summed E-state index contributed by atoms with van der Waals surface area (Å²) in [5.74, 6) is -0.0718. The summed E-state index contributed by atoms with van der Waals surface area (Å²) in [6, 6.07) is 18.2. The van der Waals surface area contributed by atoms with E-state index in [0.29, 0.717) is 24.5 Å².